The van der Waals surface area contributed by atoms with Crippen LogP contribution < -0.4 is 4.57 Å². The van der Waals surface area contributed by atoms with Gasteiger partial charge in [-0.3, -0.25) is 9.59 Å². The van der Waals surface area contributed by atoms with Crippen LogP contribution in [0.4, 0.5) is 0 Å². The lowest BCUT2D eigenvalue weighted by molar-refractivity contribution is -0.669. The maximum atomic E-state index is 10.5. The maximum absolute atomic E-state index is 10.5. The SMILES string of the molecule is O=C/C=C/c1sc2ccccc2[n+]1CCCCC(=O)O. The van der Waals surface area contributed by atoms with Crippen LogP contribution in [-0.4, -0.2) is 17.4 Å². The standard InChI is InChI=1S/C15H15NO3S/c17-11-5-8-14-16(10-4-3-9-15(18)19)12-6-1-2-7-13(12)20-14/h1-2,5-8,11H,3-4,9-10H2/p+1/b8-5+. The minimum Gasteiger partial charge on any atom is -0.481 e. The molecule has 0 aliphatic carbocycles. The smallest absolute Gasteiger partial charge is 0.303 e. The number of hydrogen-bond donors (Lipinski definition) is 1. The van der Waals surface area contributed by atoms with Crippen LogP contribution >= 0.6 is 11.3 Å². The third-order valence-electron chi connectivity index (χ3n) is 2.98. The number of aryl methyl sites for hydroxylation is 1. The molecule has 5 heteroatoms. The zero-order valence-corrected chi connectivity index (χ0v) is 11.8. The average molecular weight is 290 g/mol. The van der Waals surface area contributed by atoms with Crippen LogP contribution in [0.2, 0.25) is 0 Å². The van der Waals surface area contributed by atoms with E-state index < -0.39 is 5.97 Å². The van der Waals surface area contributed by atoms with Gasteiger partial charge in [0.15, 0.2) is 6.54 Å². The molecular formula is C15H16NO3S+. The van der Waals surface area contributed by atoms with Crippen molar-refractivity contribution < 1.29 is 19.3 Å². The van der Waals surface area contributed by atoms with E-state index in [2.05, 4.69) is 4.57 Å². The summed E-state index contributed by atoms with van der Waals surface area (Å²) in [6, 6.07) is 8.06. The van der Waals surface area contributed by atoms with Crippen LogP contribution in [0.15, 0.2) is 30.3 Å². The third-order valence-corrected chi connectivity index (χ3v) is 4.11. The first-order chi connectivity index (χ1) is 9.72. The molecular weight excluding hydrogens is 274 g/mol. The van der Waals surface area contributed by atoms with Crippen molar-refractivity contribution in [3.8, 4) is 0 Å². The summed E-state index contributed by atoms with van der Waals surface area (Å²) in [5, 5.41) is 9.67. The van der Waals surface area contributed by atoms with Crippen LogP contribution in [0, 0.1) is 0 Å². The van der Waals surface area contributed by atoms with Crippen LogP contribution in [0.5, 0.6) is 0 Å². The van der Waals surface area contributed by atoms with Crippen LogP contribution in [-0.2, 0) is 16.1 Å². The Morgan fingerprint density at radius 1 is 1.30 bits per heavy atom. The Balaban J connectivity index is 2.21. The number of carbonyl (C=O) groups excluding carboxylic acids is 1. The third kappa shape index (κ3) is 3.51. The van der Waals surface area contributed by atoms with Gasteiger partial charge in [-0.2, -0.15) is 4.57 Å². The first-order valence-electron chi connectivity index (χ1n) is 6.47. The molecule has 0 bridgehead atoms. The van der Waals surface area contributed by atoms with Gasteiger partial charge in [-0.05, 0) is 18.6 Å². The Bertz CT molecular complexity index is 646. The molecule has 0 saturated heterocycles. The number of hydrogen-bond acceptors (Lipinski definition) is 3. The molecule has 104 valence electrons. The molecule has 0 aliphatic heterocycles. The molecule has 0 spiro atoms. The summed E-state index contributed by atoms with van der Waals surface area (Å²) in [6.07, 6.45) is 5.71. The predicted molar refractivity (Wildman–Crippen MR) is 78.6 cm³/mol. The zero-order valence-electron chi connectivity index (χ0n) is 11.0. The molecule has 0 fully saturated rings. The Hall–Kier alpha value is -2.01. The molecule has 0 unspecified atom stereocenters. The fraction of sp³-hybridized carbons (Fsp3) is 0.267. The number of benzene rings is 1. The molecule has 0 aliphatic rings. The largest absolute Gasteiger partial charge is 0.481 e. The number of carboxylic acids is 1. The molecule has 1 aromatic carbocycles. The van der Waals surface area contributed by atoms with Crippen molar-refractivity contribution in [3.05, 3.63) is 35.3 Å². The first kappa shape index (κ1) is 14.4. The van der Waals surface area contributed by atoms with Gasteiger partial charge in [0.05, 0.1) is 0 Å². The molecule has 0 amide bonds. The number of aliphatic carboxylic acids is 1. The minimum atomic E-state index is -0.758. The van der Waals surface area contributed by atoms with Crippen LogP contribution in [0.1, 0.15) is 24.3 Å². The zero-order chi connectivity index (χ0) is 14.4. The average Bonchev–Trinajstić information content (AvgIpc) is 2.79. The number of nitrogens with zero attached hydrogens (tertiary/aromatic N) is 1. The second-order valence-electron chi connectivity index (χ2n) is 4.41. The van der Waals surface area contributed by atoms with Gasteiger partial charge in [-0.25, -0.2) is 0 Å². The van der Waals surface area contributed by atoms with Gasteiger partial charge in [0, 0.05) is 25.0 Å². The summed E-state index contributed by atoms with van der Waals surface area (Å²) in [5.74, 6) is -0.758. The number of rotatable bonds is 7. The molecule has 0 atom stereocenters. The molecule has 0 saturated carbocycles. The van der Waals surface area contributed by atoms with Gasteiger partial charge in [0.2, 0.25) is 5.52 Å². The summed E-state index contributed by atoms with van der Waals surface area (Å²) < 4.78 is 3.30. The summed E-state index contributed by atoms with van der Waals surface area (Å²) in [5.41, 5.74) is 1.12. The summed E-state index contributed by atoms with van der Waals surface area (Å²) in [7, 11) is 0. The molecule has 1 N–H and O–H groups in total. The second kappa shape index (κ2) is 6.96. The fourth-order valence-corrected chi connectivity index (χ4v) is 3.18. The predicted octanol–water partition coefficient (Wildman–Crippen LogP) is 2.66. The van der Waals surface area contributed by atoms with Crippen molar-refractivity contribution in [1.82, 2.24) is 0 Å². The van der Waals surface area contributed by atoms with E-state index in [0.29, 0.717) is 6.42 Å². The van der Waals surface area contributed by atoms with Crippen LogP contribution in [0.3, 0.4) is 0 Å². The lowest BCUT2D eigenvalue weighted by atomic mass is 10.2. The van der Waals surface area contributed by atoms with E-state index >= 15 is 0 Å². The van der Waals surface area contributed by atoms with Crippen molar-refractivity contribution >= 4 is 39.9 Å². The number of aromatic nitrogens is 1. The molecule has 20 heavy (non-hydrogen) atoms. The highest BCUT2D eigenvalue weighted by Gasteiger charge is 2.17. The van der Waals surface area contributed by atoms with Crippen molar-refractivity contribution in [2.75, 3.05) is 0 Å². The van der Waals surface area contributed by atoms with Crippen molar-refractivity contribution in [2.24, 2.45) is 0 Å². The summed E-state index contributed by atoms with van der Waals surface area (Å²) in [6.45, 7) is 0.760. The Kier molecular flexibility index (Phi) is 5.01. The molecule has 4 nitrogen and oxygen atoms in total. The summed E-state index contributed by atoms with van der Waals surface area (Å²) in [4.78, 5) is 21.0. The molecule has 2 aromatic rings. The van der Waals surface area contributed by atoms with E-state index in [1.165, 1.54) is 6.08 Å². The Morgan fingerprint density at radius 3 is 2.85 bits per heavy atom. The number of unbranched alkanes of at least 4 members (excludes halogenated alkanes) is 1. The maximum Gasteiger partial charge on any atom is 0.303 e. The van der Waals surface area contributed by atoms with E-state index in [-0.39, 0.29) is 6.42 Å². The number of aldehydes is 1. The highest BCUT2D eigenvalue weighted by atomic mass is 32.1. The number of thiazole rings is 1. The van der Waals surface area contributed by atoms with Crippen molar-refractivity contribution in [3.63, 3.8) is 0 Å². The number of carboxylic acid groups (broad SMARTS) is 1. The molecule has 0 radical (unpaired) electrons. The van der Waals surface area contributed by atoms with E-state index in [4.69, 9.17) is 5.11 Å². The van der Waals surface area contributed by atoms with Gasteiger partial charge >= 0.3 is 5.97 Å². The van der Waals surface area contributed by atoms with Gasteiger partial charge < -0.3 is 5.11 Å². The number of para-hydroxylation sites is 1. The monoisotopic (exact) mass is 290 g/mol. The number of allylic oxidation sites excluding steroid dienone is 1. The Morgan fingerprint density at radius 2 is 2.10 bits per heavy atom. The number of carbonyl (C=O) groups is 2. The highest BCUT2D eigenvalue weighted by molar-refractivity contribution is 7.18. The normalized spacial score (nSPS) is 11.2. The molecule has 2 rings (SSSR count). The number of fused-ring (bicyclic) bond motifs is 1. The van der Waals surface area contributed by atoms with E-state index in [0.717, 1.165) is 34.5 Å². The fourth-order valence-electron chi connectivity index (χ4n) is 2.08. The topological polar surface area (TPSA) is 58.2 Å². The van der Waals surface area contributed by atoms with Gasteiger partial charge in [-0.15, -0.1) is 0 Å². The lowest BCUT2D eigenvalue weighted by Crippen LogP contribution is -2.35. The van der Waals surface area contributed by atoms with Gasteiger partial charge in [0.1, 0.15) is 11.0 Å². The van der Waals surface area contributed by atoms with E-state index in [1.54, 1.807) is 17.4 Å². The minimum absolute atomic E-state index is 0.197. The van der Waals surface area contributed by atoms with Gasteiger partial charge in [0.25, 0.3) is 5.01 Å². The first-order valence-corrected chi connectivity index (χ1v) is 7.29. The van der Waals surface area contributed by atoms with Gasteiger partial charge in [-0.1, -0.05) is 23.5 Å². The van der Waals surface area contributed by atoms with E-state index in [9.17, 15) is 9.59 Å². The van der Waals surface area contributed by atoms with E-state index in [1.807, 2.05) is 24.3 Å². The molecule has 1 aromatic heterocycles. The highest BCUT2D eigenvalue weighted by Crippen LogP contribution is 2.21. The van der Waals surface area contributed by atoms with Crippen molar-refractivity contribution in [1.29, 1.82) is 0 Å². The van der Waals surface area contributed by atoms with Crippen LogP contribution in [0.25, 0.3) is 16.3 Å². The Labute approximate surface area is 121 Å². The lowest BCUT2D eigenvalue weighted by Gasteiger charge is -1.97. The molecule has 1 heterocycles. The van der Waals surface area contributed by atoms with Crippen molar-refractivity contribution in [2.45, 2.75) is 25.8 Å². The second-order valence-corrected chi connectivity index (χ2v) is 5.47. The summed E-state index contributed by atoms with van der Waals surface area (Å²) >= 11 is 1.63. The quantitative estimate of drug-likeness (QED) is 0.369.